The molecule has 7 nitrogen and oxygen atoms in total. The standard InChI is InChI=1S/C12H10Cl2N6O/c13-8-3-7(16)4-9(14)12(8)18-11(21)1-2-20-6-17-10(5-15)19-20/h3-4,6H,1-2,16H2,(H,18,21). The number of carbonyl (C=O) groups excluding carboxylic acids is 1. The quantitative estimate of drug-likeness (QED) is 0.836. The molecule has 21 heavy (non-hydrogen) atoms. The van der Waals surface area contributed by atoms with Crippen molar-refractivity contribution in [2.75, 3.05) is 11.1 Å². The van der Waals surface area contributed by atoms with E-state index in [9.17, 15) is 4.79 Å². The highest BCUT2D eigenvalue weighted by atomic mass is 35.5. The molecule has 2 aromatic rings. The molecule has 0 unspecified atom stereocenters. The van der Waals surface area contributed by atoms with Crippen LogP contribution in [0.3, 0.4) is 0 Å². The summed E-state index contributed by atoms with van der Waals surface area (Å²) in [7, 11) is 0. The van der Waals surface area contributed by atoms with E-state index >= 15 is 0 Å². The van der Waals surface area contributed by atoms with Gasteiger partial charge in [0.2, 0.25) is 5.91 Å². The van der Waals surface area contributed by atoms with Crippen molar-refractivity contribution < 1.29 is 4.79 Å². The van der Waals surface area contributed by atoms with Gasteiger partial charge in [0.15, 0.2) is 0 Å². The minimum atomic E-state index is -0.294. The topological polar surface area (TPSA) is 110 Å². The monoisotopic (exact) mass is 324 g/mol. The average molecular weight is 325 g/mol. The van der Waals surface area contributed by atoms with Gasteiger partial charge in [-0.25, -0.2) is 4.98 Å². The fourth-order valence-corrected chi connectivity index (χ4v) is 2.18. The number of nitrogens with two attached hydrogens (primary N) is 1. The summed E-state index contributed by atoms with van der Waals surface area (Å²) in [6.45, 7) is 0.282. The average Bonchev–Trinajstić information content (AvgIpc) is 2.88. The maximum absolute atomic E-state index is 11.9. The highest BCUT2D eigenvalue weighted by Crippen LogP contribution is 2.32. The number of nitrogen functional groups attached to an aromatic ring is 1. The van der Waals surface area contributed by atoms with Gasteiger partial charge in [-0.15, -0.1) is 5.10 Å². The van der Waals surface area contributed by atoms with Crippen molar-refractivity contribution in [2.24, 2.45) is 0 Å². The SMILES string of the molecule is N#Cc1ncn(CCC(=O)Nc2c(Cl)cc(N)cc2Cl)n1. The number of hydrogen-bond donors (Lipinski definition) is 2. The van der Waals surface area contributed by atoms with Gasteiger partial charge in [-0.3, -0.25) is 9.48 Å². The van der Waals surface area contributed by atoms with Crippen molar-refractivity contribution in [2.45, 2.75) is 13.0 Å². The number of nitrogens with zero attached hydrogens (tertiary/aromatic N) is 4. The predicted molar refractivity (Wildman–Crippen MR) is 78.9 cm³/mol. The molecule has 108 valence electrons. The number of aryl methyl sites for hydroxylation is 1. The second kappa shape index (κ2) is 6.43. The van der Waals surface area contributed by atoms with Gasteiger partial charge in [-0.2, -0.15) is 5.26 Å². The number of benzene rings is 1. The number of halogens is 2. The zero-order valence-electron chi connectivity index (χ0n) is 10.7. The van der Waals surface area contributed by atoms with Crippen LogP contribution in [0.5, 0.6) is 0 Å². The lowest BCUT2D eigenvalue weighted by atomic mass is 10.2. The largest absolute Gasteiger partial charge is 0.399 e. The van der Waals surface area contributed by atoms with E-state index in [0.29, 0.717) is 11.4 Å². The number of carbonyl (C=O) groups is 1. The summed E-state index contributed by atoms with van der Waals surface area (Å²) >= 11 is 12.0. The van der Waals surface area contributed by atoms with Crippen LogP contribution >= 0.6 is 23.2 Å². The number of aromatic nitrogens is 3. The molecule has 3 N–H and O–H groups in total. The summed E-state index contributed by atoms with van der Waals surface area (Å²) in [5.74, 6) is -0.238. The third kappa shape index (κ3) is 3.84. The second-order valence-corrected chi connectivity index (χ2v) is 4.92. The van der Waals surface area contributed by atoms with Gasteiger partial charge >= 0.3 is 0 Å². The molecule has 0 atom stereocenters. The molecule has 1 aromatic carbocycles. The van der Waals surface area contributed by atoms with Crippen molar-refractivity contribution in [3.05, 3.63) is 34.3 Å². The number of nitrogens with one attached hydrogen (secondary N) is 1. The normalized spacial score (nSPS) is 10.1. The van der Waals surface area contributed by atoms with Crippen LogP contribution in [-0.4, -0.2) is 20.7 Å². The molecule has 0 saturated carbocycles. The summed E-state index contributed by atoms with van der Waals surface area (Å²) in [4.78, 5) is 15.6. The lowest BCUT2D eigenvalue weighted by Gasteiger charge is -2.10. The molecule has 0 aliphatic heterocycles. The van der Waals surface area contributed by atoms with Crippen LogP contribution in [-0.2, 0) is 11.3 Å². The molecule has 0 spiro atoms. The Morgan fingerprint density at radius 1 is 1.43 bits per heavy atom. The fourth-order valence-electron chi connectivity index (χ4n) is 1.58. The van der Waals surface area contributed by atoms with Gasteiger partial charge < -0.3 is 11.1 Å². The summed E-state index contributed by atoms with van der Waals surface area (Å²) < 4.78 is 1.41. The zero-order chi connectivity index (χ0) is 15.4. The molecule has 1 aromatic heterocycles. The van der Waals surface area contributed by atoms with Crippen molar-refractivity contribution in [3.63, 3.8) is 0 Å². The van der Waals surface area contributed by atoms with Gasteiger partial charge in [0.1, 0.15) is 12.4 Å². The minimum absolute atomic E-state index is 0.0556. The molecule has 0 aliphatic rings. The third-order valence-corrected chi connectivity index (χ3v) is 3.13. The lowest BCUT2D eigenvalue weighted by molar-refractivity contribution is -0.116. The van der Waals surface area contributed by atoms with Gasteiger partial charge in [-0.05, 0) is 12.1 Å². The molecular formula is C12H10Cl2N6O. The molecule has 1 amide bonds. The van der Waals surface area contributed by atoms with E-state index in [1.165, 1.54) is 23.1 Å². The van der Waals surface area contributed by atoms with Crippen LogP contribution in [0.4, 0.5) is 11.4 Å². The van der Waals surface area contributed by atoms with E-state index in [0.717, 1.165) is 0 Å². The van der Waals surface area contributed by atoms with E-state index in [1.54, 1.807) is 6.07 Å². The molecule has 0 saturated heterocycles. The Hall–Kier alpha value is -2.30. The fraction of sp³-hybridized carbons (Fsp3) is 0.167. The van der Waals surface area contributed by atoms with Crippen LogP contribution in [0.2, 0.25) is 10.0 Å². The Morgan fingerprint density at radius 2 is 2.10 bits per heavy atom. The molecule has 0 aliphatic carbocycles. The van der Waals surface area contributed by atoms with E-state index in [4.69, 9.17) is 34.2 Å². The number of rotatable bonds is 4. The smallest absolute Gasteiger partial charge is 0.252 e. The predicted octanol–water partition coefficient (Wildman–Crippen LogP) is 2.07. The van der Waals surface area contributed by atoms with Crippen LogP contribution in [0.1, 0.15) is 12.2 Å². The van der Waals surface area contributed by atoms with Gasteiger partial charge in [0.25, 0.3) is 5.82 Å². The number of nitriles is 1. The van der Waals surface area contributed by atoms with Crippen molar-refractivity contribution in [3.8, 4) is 6.07 Å². The Labute approximate surface area is 130 Å². The summed E-state index contributed by atoms with van der Waals surface area (Å²) in [6, 6.07) is 4.80. The van der Waals surface area contributed by atoms with Crippen LogP contribution in [0, 0.1) is 11.3 Å². The maximum Gasteiger partial charge on any atom is 0.252 e. The lowest BCUT2D eigenvalue weighted by Crippen LogP contribution is -2.15. The van der Waals surface area contributed by atoms with Gasteiger partial charge in [0, 0.05) is 12.1 Å². The van der Waals surface area contributed by atoms with E-state index in [1.807, 2.05) is 0 Å². The first-order valence-electron chi connectivity index (χ1n) is 5.83. The van der Waals surface area contributed by atoms with Crippen molar-refractivity contribution in [1.82, 2.24) is 14.8 Å². The summed E-state index contributed by atoms with van der Waals surface area (Å²) in [5, 5.41) is 15.6. The van der Waals surface area contributed by atoms with Gasteiger partial charge in [0.05, 0.1) is 22.3 Å². The van der Waals surface area contributed by atoms with Crippen molar-refractivity contribution >= 4 is 40.5 Å². The molecule has 1 heterocycles. The molecule has 0 radical (unpaired) electrons. The first kappa shape index (κ1) is 15.1. The van der Waals surface area contributed by atoms with Gasteiger partial charge in [-0.1, -0.05) is 23.2 Å². The molecule has 0 fully saturated rings. The third-order valence-electron chi connectivity index (χ3n) is 2.53. The summed E-state index contributed by atoms with van der Waals surface area (Å²) in [6.07, 6.45) is 1.51. The Bertz CT molecular complexity index is 698. The molecule has 9 heteroatoms. The highest BCUT2D eigenvalue weighted by Gasteiger charge is 2.11. The summed E-state index contributed by atoms with van der Waals surface area (Å²) in [5.41, 5.74) is 6.31. The molecule has 2 rings (SSSR count). The molecular weight excluding hydrogens is 315 g/mol. The molecule has 0 bridgehead atoms. The number of anilines is 2. The number of amides is 1. The minimum Gasteiger partial charge on any atom is -0.399 e. The highest BCUT2D eigenvalue weighted by molar-refractivity contribution is 6.40. The van der Waals surface area contributed by atoms with E-state index < -0.39 is 0 Å². The Balaban J connectivity index is 1.98. The zero-order valence-corrected chi connectivity index (χ0v) is 12.2. The maximum atomic E-state index is 11.9. The van der Waals surface area contributed by atoms with Crippen LogP contribution < -0.4 is 11.1 Å². The number of hydrogen-bond acceptors (Lipinski definition) is 5. The van der Waals surface area contributed by atoms with E-state index in [2.05, 4.69) is 15.4 Å². The van der Waals surface area contributed by atoms with Crippen LogP contribution in [0.15, 0.2) is 18.5 Å². The Morgan fingerprint density at radius 3 is 2.67 bits per heavy atom. The van der Waals surface area contributed by atoms with Crippen LogP contribution in [0.25, 0.3) is 0 Å². The van der Waals surface area contributed by atoms with Crippen molar-refractivity contribution in [1.29, 1.82) is 5.26 Å². The Kier molecular flexibility index (Phi) is 4.62. The van der Waals surface area contributed by atoms with E-state index in [-0.39, 0.29) is 34.7 Å². The first-order chi connectivity index (χ1) is 9.99. The second-order valence-electron chi connectivity index (χ2n) is 4.10. The first-order valence-corrected chi connectivity index (χ1v) is 6.59.